The third-order valence-electron chi connectivity index (χ3n) is 26.4. The molecule has 0 spiro atoms. The molecule has 35 heteroatoms. The monoisotopic (exact) mass is 1860 g/mol. The van der Waals surface area contributed by atoms with Gasteiger partial charge in [-0.05, 0) is 208 Å². The van der Waals surface area contributed by atoms with Crippen LogP contribution in [0, 0.1) is 86.4 Å². The number of hydrogen-bond acceptors (Lipinski definition) is 28. The van der Waals surface area contributed by atoms with E-state index < -0.39 is 33.5 Å². The summed E-state index contributed by atoms with van der Waals surface area (Å²) in [4.78, 5) is 130. The third kappa shape index (κ3) is 20.4. The van der Waals surface area contributed by atoms with E-state index in [0.717, 1.165) is 48.5 Å². The molecule has 5 fully saturated rings. The van der Waals surface area contributed by atoms with Gasteiger partial charge in [0, 0.05) is 125 Å². The number of carbonyl (C=O) groups is 6. The largest absolute Gasteiger partial charge is 0.462 e. The Balaban J connectivity index is 0.000000119. The number of fused-ring (bicyclic) bond motifs is 5. The van der Waals surface area contributed by atoms with Crippen molar-refractivity contribution in [2.24, 2.45) is 71.8 Å². The molecule has 10 aliphatic rings. The van der Waals surface area contributed by atoms with Gasteiger partial charge in [-0.3, -0.25) is 59.3 Å². The number of amidine groups is 5. The summed E-state index contributed by atoms with van der Waals surface area (Å²) in [5.74, 6) is -2.88. The van der Waals surface area contributed by atoms with Gasteiger partial charge in [-0.25, -0.2) is 66.9 Å². The molecule has 0 radical (unpaired) electrons. The van der Waals surface area contributed by atoms with E-state index in [4.69, 9.17) is 46.6 Å². The predicted octanol–water partition coefficient (Wildman–Crippen LogP) is 13.5. The SMILES string of the molecule is C[C@@]1(c2cc(N)ccc2F)N=C(NC(=O)c2ccccc2)OC2C[C@@H]21.Cc1cnc(C(=O)Cc2ccc(F)c([C@@]3(C)N=C(N)O[C@H]4C[C@H]43)c2)cn1.Cc1cnc(C(=O)Cc2ccc(F)c([C@]3(C)N=C(N)OC4C[C@@H]43)c2)cn1.Cc1cnc(C(=O)Cc2ccc(F)c([C@]3(C)N=C(N)O[C@@H]4C[C@@H]43)c2)cn1.Cc1cnc(C(=O)Cc2ccc(F)c([C@]3(C)N=C(NC(=O)c4ccccc4)OC4C[C@@H]43)c2)cn1. The molecule has 15 atom stereocenters. The summed E-state index contributed by atoms with van der Waals surface area (Å²) in [7, 11) is 0. The number of nitrogens with zero attached hydrogens (tertiary/aromatic N) is 13. The molecule has 0 bridgehead atoms. The van der Waals surface area contributed by atoms with Gasteiger partial charge in [0.05, 0.1) is 75.3 Å². The van der Waals surface area contributed by atoms with Gasteiger partial charge in [-0.2, -0.15) is 0 Å². The zero-order valence-corrected chi connectivity index (χ0v) is 76.2. The molecule has 30 nitrogen and oxygen atoms in total. The number of nitrogen functional groups attached to an aromatic ring is 1. The number of hydrogen-bond donors (Lipinski definition) is 6. The molecular formula is C102H98F5N19O11. The highest BCUT2D eigenvalue weighted by Crippen LogP contribution is 2.58. The van der Waals surface area contributed by atoms with Gasteiger partial charge in [0.2, 0.25) is 0 Å². The lowest BCUT2D eigenvalue weighted by Crippen LogP contribution is -2.41. The second kappa shape index (κ2) is 37.5. The number of nitrogens with two attached hydrogens (primary N) is 4. The first kappa shape index (κ1) is 93.5. The molecule has 2 amide bonds. The fourth-order valence-corrected chi connectivity index (χ4v) is 18.3. The van der Waals surface area contributed by atoms with Crippen LogP contribution in [0.25, 0.3) is 0 Å². The molecule has 5 saturated carbocycles. The van der Waals surface area contributed by atoms with E-state index in [1.165, 1.54) is 61.2 Å². The minimum absolute atomic E-state index is 0.00924. The van der Waals surface area contributed by atoms with Crippen LogP contribution >= 0.6 is 0 Å². The number of benzene rings is 7. The lowest BCUT2D eigenvalue weighted by molar-refractivity contribution is 0.0946. The van der Waals surface area contributed by atoms with Crippen LogP contribution in [0.2, 0.25) is 0 Å². The van der Waals surface area contributed by atoms with E-state index in [9.17, 15) is 46.3 Å². The average molecular weight is 1860 g/mol. The first-order valence-electron chi connectivity index (χ1n) is 44.7. The number of Topliss-reactive ketones (excluding diaryl/α,β-unsaturated/α-hetero) is 4. The zero-order chi connectivity index (χ0) is 96.9. The lowest BCUT2D eigenvalue weighted by Gasteiger charge is -2.31. The van der Waals surface area contributed by atoms with Crippen LogP contribution in [-0.2, 0) is 77.1 Å². The first-order valence-corrected chi connectivity index (χ1v) is 44.7. The van der Waals surface area contributed by atoms with Crippen molar-refractivity contribution < 1.29 is 74.4 Å². The molecule has 5 aliphatic heterocycles. The Labute approximate surface area is 784 Å². The molecule has 10 N–H and O–H groups in total. The first-order chi connectivity index (χ1) is 65.4. The van der Waals surface area contributed by atoms with Crippen LogP contribution in [0.5, 0.6) is 0 Å². The van der Waals surface area contributed by atoms with Crippen molar-refractivity contribution in [2.45, 2.75) is 178 Å². The van der Waals surface area contributed by atoms with Gasteiger partial charge >= 0.3 is 0 Å². The summed E-state index contributed by atoms with van der Waals surface area (Å²) in [6, 6.07) is 41.2. The van der Waals surface area contributed by atoms with Gasteiger partial charge in [0.15, 0.2) is 23.1 Å². The molecule has 11 aromatic rings. The Morgan fingerprint density at radius 3 is 0.810 bits per heavy atom. The minimum atomic E-state index is -0.935. The summed E-state index contributed by atoms with van der Waals surface area (Å²) in [6.07, 6.45) is 16.0. The highest BCUT2D eigenvalue weighted by atomic mass is 19.1. The predicted molar refractivity (Wildman–Crippen MR) is 495 cm³/mol. The molecule has 5 aliphatic carbocycles. The standard InChI is InChI=1S/C26H23FN4O3.3C19H19FN4O2.C19H18FN3O2/c1-15-13-29-21(14-28-15)22(32)11-16-8-9-20(27)18(10-16)26(2)19-12-23(19)34-25(31-26)30-24(33)17-6-4-3-5-7-17;3*1-10-8-23-15(9-22-10)16(25)6-11-3-4-14(20)12(5-11)19(2)13-7-17(13)26-18(21)24-19;1-19(13-9-12(21)7-8-15(13)20)14-10-16(14)25-18(23-19)22-17(24)11-5-3-2-4-6-11/h3-10,13-14,19,23H,11-12H2,1-2H3,(H,30,31,33);3*3-5,8-9,13,17H,6-7H2,1-2H3,(H2,21,24);2-9,14,16H,10,21H2,1H3,(H,22,23,24)/t19-,23?,26-;13-,17?,19-;2*13-,17+,19-;14-,16?,19-/m00100/s1. The van der Waals surface area contributed by atoms with E-state index >= 15 is 4.39 Å². The Kier molecular flexibility index (Phi) is 25.6. The number of ketones is 4. The number of aryl methyl sites for hydroxylation is 4. The topological polar surface area (TPSA) is 442 Å². The highest BCUT2D eigenvalue weighted by molar-refractivity contribution is 6.05. The number of anilines is 1. The van der Waals surface area contributed by atoms with Gasteiger partial charge < -0.3 is 46.6 Å². The maximum atomic E-state index is 15.0. The van der Waals surface area contributed by atoms with E-state index in [1.54, 1.807) is 156 Å². The van der Waals surface area contributed by atoms with Gasteiger partial charge in [-0.1, -0.05) is 60.7 Å². The molecule has 7 aromatic carbocycles. The average Bonchev–Trinajstić information content (AvgIpc) is 1.67. The van der Waals surface area contributed by atoms with Crippen molar-refractivity contribution in [3.8, 4) is 0 Å². The van der Waals surface area contributed by atoms with Gasteiger partial charge in [0.25, 0.3) is 41.9 Å². The van der Waals surface area contributed by atoms with Crippen molar-refractivity contribution in [1.82, 2.24) is 50.5 Å². The van der Waals surface area contributed by atoms with Crippen LogP contribution in [0.3, 0.4) is 0 Å². The number of aromatic nitrogens is 8. The molecule has 137 heavy (non-hydrogen) atoms. The van der Waals surface area contributed by atoms with Crippen LogP contribution in [0.15, 0.2) is 226 Å². The van der Waals surface area contributed by atoms with Crippen molar-refractivity contribution in [3.05, 3.63) is 337 Å². The zero-order valence-electron chi connectivity index (χ0n) is 76.2. The van der Waals surface area contributed by atoms with Crippen LogP contribution in [0.4, 0.5) is 27.6 Å². The maximum Gasteiger partial charge on any atom is 0.292 e. The number of aliphatic imine (C=N–C) groups is 5. The smallest absolute Gasteiger partial charge is 0.292 e. The fourth-order valence-electron chi connectivity index (χ4n) is 18.3. The summed E-state index contributed by atoms with van der Waals surface area (Å²) in [6.45, 7) is 16.5. The molecule has 9 heterocycles. The molecule has 4 aromatic heterocycles. The van der Waals surface area contributed by atoms with Gasteiger partial charge in [0.1, 0.15) is 82.4 Å². The Morgan fingerprint density at radius 1 is 0.314 bits per heavy atom. The molecule has 21 rings (SSSR count). The van der Waals surface area contributed by atoms with Crippen LogP contribution < -0.4 is 33.6 Å². The summed E-state index contributed by atoms with van der Waals surface area (Å²) in [5, 5.41) is 5.39. The van der Waals surface area contributed by atoms with Crippen molar-refractivity contribution >= 4 is 70.7 Å². The minimum Gasteiger partial charge on any atom is -0.462 e. The molecule has 3 unspecified atom stereocenters. The summed E-state index contributed by atoms with van der Waals surface area (Å²) >= 11 is 0. The number of rotatable bonds is 19. The maximum absolute atomic E-state index is 15.0. The molecule has 702 valence electrons. The Bertz CT molecular complexity index is 6390. The quantitative estimate of drug-likeness (QED) is 0.0249. The number of nitrogens with one attached hydrogen (secondary N) is 2. The fraction of sp³-hybridized carbons (Fsp3) is 0.324. The van der Waals surface area contributed by atoms with E-state index in [2.05, 4.69) is 75.5 Å². The van der Waals surface area contributed by atoms with Crippen molar-refractivity contribution in [3.63, 3.8) is 0 Å². The van der Waals surface area contributed by atoms with Crippen molar-refractivity contribution in [2.75, 3.05) is 5.73 Å². The second-order valence-corrected chi connectivity index (χ2v) is 36.6. The highest BCUT2D eigenvalue weighted by Gasteiger charge is 2.62. The number of amides is 2. The third-order valence-corrected chi connectivity index (χ3v) is 26.4. The summed E-state index contributed by atoms with van der Waals surface area (Å²) in [5.41, 5.74) is 29.4. The van der Waals surface area contributed by atoms with Crippen LogP contribution in [-0.4, -0.2) is 135 Å². The Hall–Kier alpha value is -15.3. The number of halogens is 5. The lowest BCUT2D eigenvalue weighted by atomic mass is 9.85. The van der Waals surface area contributed by atoms with E-state index in [0.29, 0.717) is 90.4 Å². The Morgan fingerprint density at radius 2 is 0.555 bits per heavy atom. The second-order valence-electron chi connectivity index (χ2n) is 36.6. The van der Waals surface area contributed by atoms with E-state index in [1.807, 2.05) is 46.8 Å². The van der Waals surface area contributed by atoms with Crippen molar-refractivity contribution in [1.29, 1.82) is 0 Å². The normalized spacial score (nSPS) is 25.6. The number of carbonyl (C=O) groups excluding carboxylic acids is 6. The van der Waals surface area contributed by atoms with E-state index in [-0.39, 0.29) is 180 Å². The number of ether oxygens (including phenoxy) is 5. The van der Waals surface area contributed by atoms with Gasteiger partial charge in [-0.15, -0.1) is 0 Å². The van der Waals surface area contributed by atoms with Crippen LogP contribution in [0.1, 0.15) is 202 Å². The molecular weight excluding hydrogens is 1760 g/mol. The molecule has 0 saturated heterocycles. The summed E-state index contributed by atoms with van der Waals surface area (Å²) < 4.78 is 101.